The number of hydrogen-bond acceptors (Lipinski definition) is 6. The van der Waals surface area contributed by atoms with Gasteiger partial charge >= 0.3 is 12.1 Å². The summed E-state index contributed by atoms with van der Waals surface area (Å²) in [5.41, 5.74) is 0.0332. The minimum Gasteiger partial charge on any atom is -0.487 e. The second-order valence-corrected chi connectivity index (χ2v) is 9.25. The quantitative estimate of drug-likeness (QED) is 0.735. The second kappa shape index (κ2) is 9.16. The van der Waals surface area contributed by atoms with E-state index in [0.717, 1.165) is 11.3 Å². The van der Waals surface area contributed by atoms with Gasteiger partial charge in [0.1, 0.15) is 23.5 Å². The number of fused-ring (bicyclic) bond motifs is 1. The first-order valence-electron chi connectivity index (χ1n) is 10.7. The Morgan fingerprint density at radius 3 is 2.52 bits per heavy atom. The molecule has 2 amide bonds. The fourth-order valence-electron chi connectivity index (χ4n) is 4.20. The SMILES string of the molecule is COC(=O)CNC(=O)CC1CC2(CCN(C(=O)OC(C)(C)C)CC2)Oc2ccccc21. The Morgan fingerprint density at radius 1 is 1.19 bits per heavy atom. The number of likely N-dealkylation sites (tertiary alicyclic amines) is 1. The largest absolute Gasteiger partial charge is 0.487 e. The third kappa shape index (κ3) is 5.89. The zero-order valence-electron chi connectivity index (χ0n) is 18.7. The molecule has 1 atom stereocenters. The van der Waals surface area contributed by atoms with Crippen molar-refractivity contribution in [3.05, 3.63) is 29.8 Å². The zero-order chi connectivity index (χ0) is 22.6. The maximum Gasteiger partial charge on any atom is 0.410 e. The molecule has 0 aromatic heterocycles. The number of nitrogens with one attached hydrogen (secondary N) is 1. The van der Waals surface area contributed by atoms with E-state index in [0.29, 0.717) is 32.4 Å². The van der Waals surface area contributed by atoms with Crippen LogP contribution in [0.1, 0.15) is 57.9 Å². The van der Waals surface area contributed by atoms with Crippen molar-refractivity contribution >= 4 is 18.0 Å². The third-order valence-corrected chi connectivity index (χ3v) is 5.72. The number of esters is 1. The molecule has 8 nitrogen and oxygen atoms in total. The third-order valence-electron chi connectivity index (χ3n) is 5.72. The lowest BCUT2D eigenvalue weighted by molar-refractivity contribution is -0.141. The first-order chi connectivity index (χ1) is 14.6. The van der Waals surface area contributed by atoms with Crippen LogP contribution in [0.25, 0.3) is 0 Å². The molecule has 31 heavy (non-hydrogen) atoms. The van der Waals surface area contributed by atoms with Crippen LogP contribution in [0, 0.1) is 0 Å². The van der Waals surface area contributed by atoms with Gasteiger partial charge in [-0.25, -0.2) is 4.79 Å². The van der Waals surface area contributed by atoms with Crippen molar-refractivity contribution in [3.8, 4) is 5.75 Å². The molecule has 1 fully saturated rings. The molecule has 8 heteroatoms. The highest BCUT2D eigenvalue weighted by molar-refractivity contribution is 5.82. The van der Waals surface area contributed by atoms with E-state index < -0.39 is 17.2 Å². The highest BCUT2D eigenvalue weighted by atomic mass is 16.6. The molecule has 1 saturated heterocycles. The van der Waals surface area contributed by atoms with Gasteiger partial charge < -0.3 is 24.4 Å². The van der Waals surface area contributed by atoms with Crippen LogP contribution < -0.4 is 10.1 Å². The summed E-state index contributed by atoms with van der Waals surface area (Å²) in [6, 6.07) is 7.76. The molecule has 3 rings (SSSR count). The number of amides is 2. The van der Waals surface area contributed by atoms with E-state index in [2.05, 4.69) is 10.1 Å². The van der Waals surface area contributed by atoms with Crippen LogP contribution in [-0.4, -0.2) is 60.8 Å². The molecule has 0 radical (unpaired) electrons. The highest BCUT2D eigenvalue weighted by Crippen LogP contribution is 2.46. The van der Waals surface area contributed by atoms with Gasteiger partial charge in [0, 0.05) is 38.3 Å². The molecule has 2 aliphatic rings. The lowest BCUT2D eigenvalue weighted by Crippen LogP contribution is -2.52. The average Bonchev–Trinajstić information content (AvgIpc) is 2.71. The van der Waals surface area contributed by atoms with Crippen LogP contribution in [0.2, 0.25) is 0 Å². The van der Waals surface area contributed by atoms with E-state index in [1.807, 2.05) is 45.0 Å². The van der Waals surface area contributed by atoms with Gasteiger partial charge in [0.25, 0.3) is 0 Å². The maximum absolute atomic E-state index is 12.5. The van der Waals surface area contributed by atoms with E-state index >= 15 is 0 Å². The number of benzene rings is 1. The fraction of sp³-hybridized carbons (Fsp3) is 0.609. The Morgan fingerprint density at radius 2 is 1.87 bits per heavy atom. The second-order valence-electron chi connectivity index (χ2n) is 9.25. The van der Waals surface area contributed by atoms with E-state index in [4.69, 9.17) is 9.47 Å². The average molecular weight is 433 g/mol. The molecule has 0 saturated carbocycles. The van der Waals surface area contributed by atoms with Crippen LogP contribution >= 0.6 is 0 Å². The fourth-order valence-corrected chi connectivity index (χ4v) is 4.20. The predicted octanol–water partition coefficient (Wildman–Crippen LogP) is 3.00. The molecule has 1 aromatic carbocycles. The van der Waals surface area contributed by atoms with Crippen LogP contribution in [0.3, 0.4) is 0 Å². The van der Waals surface area contributed by atoms with Crippen molar-refractivity contribution in [1.82, 2.24) is 10.2 Å². The monoisotopic (exact) mass is 432 g/mol. The summed E-state index contributed by atoms with van der Waals surface area (Å²) < 4.78 is 16.5. The van der Waals surface area contributed by atoms with E-state index in [1.165, 1.54) is 7.11 Å². The molecular weight excluding hydrogens is 400 g/mol. The molecule has 0 bridgehead atoms. The standard InChI is InChI=1S/C23H32N2O6/c1-22(2,3)31-21(28)25-11-9-23(10-12-25)14-16(13-19(26)24-15-20(27)29-4)17-7-5-6-8-18(17)30-23/h5-8,16H,9-15H2,1-4H3,(H,24,26). The summed E-state index contributed by atoms with van der Waals surface area (Å²) in [6.07, 6.45) is 1.96. The number of hydrogen-bond donors (Lipinski definition) is 1. The zero-order valence-corrected chi connectivity index (χ0v) is 18.7. The summed E-state index contributed by atoms with van der Waals surface area (Å²) >= 11 is 0. The van der Waals surface area contributed by atoms with Crippen LogP contribution in [-0.2, 0) is 19.1 Å². The number of nitrogens with zero attached hydrogens (tertiary/aromatic N) is 1. The summed E-state index contributed by atoms with van der Waals surface area (Å²) in [4.78, 5) is 37.9. The summed E-state index contributed by atoms with van der Waals surface area (Å²) in [5.74, 6) is 0.0704. The molecule has 1 unspecified atom stereocenters. The van der Waals surface area contributed by atoms with Crippen LogP contribution in [0.4, 0.5) is 4.79 Å². The first kappa shape index (κ1) is 22.9. The molecule has 0 aliphatic carbocycles. The number of ether oxygens (including phenoxy) is 3. The Hall–Kier alpha value is -2.77. The Kier molecular flexibility index (Phi) is 6.77. The van der Waals surface area contributed by atoms with Crippen molar-refractivity contribution in [1.29, 1.82) is 0 Å². The predicted molar refractivity (Wildman–Crippen MR) is 114 cm³/mol. The summed E-state index contributed by atoms with van der Waals surface area (Å²) in [6.45, 7) is 6.50. The van der Waals surface area contributed by atoms with Gasteiger partial charge in [0.2, 0.25) is 5.91 Å². The van der Waals surface area contributed by atoms with Gasteiger partial charge in [-0.1, -0.05) is 18.2 Å². The lowest BCUT2D eigenvalue weighted by Gasteiger charge is -2.46. The smallest absolute Gasteiger partial charge is 0.410 e. The van der Waals surface area contributed by atoms with Crippen LogP contribution in [0.15, 0.2) is 24.3 Å². The Labute approximate surface area is 183 Å². The highest BCUT2D eigenvalue weighted by Gasteiger charge is 2.44. The van der Waals surface area contributed by atoms with Crippen molar-refractivity contribution in [3.63, 3.8) is 0 Å². The first-order valence-corrected chi connectivity index (χ1v) is 10.7. The molecule has 1 N–H and O–H groups in total. The molecule has 1 spiro atoms. The topological polar surface area (TPSA) is 94.2 Å². The maximum atomic E-state index is 12.5. The Balaban J connectivity index is 1.68. The van der Waals surface area contributed by atoms with Gasteiger partial charge in [-0.15, -0.1) is 0 Å². The number of carbonyl (C=O) groups excluding carboxylic acids is 3. The van der Waals surface area contributed by atoms with Gasteiger partial charge in [-0.2, -0.15) is 0 Å². The number of piperidine rings is 1. The molecule has 170 valence electrons. The van der Waals surface area contributed by atoms with Gasteiger partial charge in [-0.05, 0) is 38.8 Å². The molecule has 2 heterocycles. The normalized spacial score (nSPS) is 19.7. The van der Waals surface area contributed by atoms with Gasteiger partial charge in [0.15, 0.2) is 0 Å². The van der Waals surface area contributed by atoms with Crippen LogP contribution in [0.5, 0.6) is 5.75 Å². The van der Waals surface area contributed by atoms with Crippen molar-refractivity contribution in [2.75, 3.05) is 26.7 Å². The number of methoxy groups -OCH3 is 1. The number of carbonyl (C=O) groups is 3. The summed E-state index contributed by atoms with van der Waals surface area (Å²) in [7, 11) is 1.29. The van der Waals surface area contributed by atoms with Gasteiger partial charge in [-0.3, -0.25) is 9.59 Å². The van der Waals surface area contributed by atoms with E-state index in [-0.39, 0.29) is 30.9 Å². The number of rotatable bonds is 4. The van der Waals surface area contributed by atoms with Crippen molar-refractivity contribution < 1.29 is 28.6 Å². The van der Waals surface area contributed by atoms with E-state index in [9.17, 15) is 14.4 Å². The van der Waals surface area contributed by atoms with E-state index in [1.54, 1.807) is 4.90 Å². The van der Waals surface area contributed by atoms with Crippen molar-refractivity contribution in [2.45, 2.75) is 63.6 Å². The lowest BCUT2D eigenvalue weighted by atomic mass is 9.76. The molecular formula is C23H32N2O6. The molecule has 2 aliphatic heterocycles. The van der Waals surface area contributed by atoms with Gasteiger partial charge in [0.05, 0.1) is 7.11 Å². The minimum absolute atomic E-state index is 0.0318. The Bertz CT molecular complexity index is 824. The summed E-state index contributed by atoms with van der Waals surface area (Å²) in [5, 5.41) is 2.62. The molecule has 1 aromatic rings. The minimum atomic E-state index is -0.533. The number of para-hydroxylation sites is 1. The van der Waals surface area contributed by atoms with Crippen molar-refractivity contribution in [2.24, 2.45) is 0 Å².